The van der Waals surface area contributed by atoms with Crippen molar-refractivity contribution in [1.29, 1.82) is 0 Å². The molecule has 0 saturated carbocycles. The second-order valence-electron chi connectivity index (χ2n) is 8.73. The minimum atomic E-state index is -1.45. The van der Waals surface area contributed by atoms with Crippen molar-refractivity contribution >= 4 is 35.3 Å². The number of terminal acetylenes is 1. The third-order valence-electron chi connectivity index (χ3n) is 5.73. The molecule has 0 aliphatic carbocycles. The largest absolute Gasteiger partial charge is 0.490 e. The fourth-order valence-electron chi connectivity index (χ4n) is 3.62. The molecule has 1 heterocycles. The summed E-state index contributed by atoms with van der Waals surface area (Å²) < 4.78 is 5.54. The number of amides is 4. The number of ether oxygens (including phenoxy) is 1. The minimum absolute atomic E-state index is 0.0571. The van der Waals surface area contributed by atoms with E-state index in [1.165, 1.54) is 5.48 Å². The molecule has 1 aromatic carbocycles. The number of nitrogens with two attached hydrogens (primary N) is 2. The average Bonchev–Trinajstić information content (AvgIpc) is 2.95. The van der Waals surface area contributed by atoms with Crippen molar-refractivity contribution in [3.05, 3.63) is 33.9 Å². The fourth-order valence-corrected chi connectivity index (χ4v) is 3.62. The maximum absolute atomic E-state index is 13.2. The van der Waals surface area contributed by atoms with Crippen LogP contribution in [-0.4, -0.2) is 70.9 Å². The number of aliphatic carboxylic acids is 1. The first-order valence-corrected chi connectivity index (χ1v) is 12.5. The van der Waals surface area contributed by atoms with Crippen LogP contribution in [0.4, 0.5) is 5.69 Å². The molecule has 0 bridgehead atoms. The van der Waals surface area contributed by atoms with E-state index < -0.39 is 71.4 Å². The molecule has 0 spiro atoms. The smallest absolute Gasteiger partial charge is 0.303 e. The number of benzene rings is 1. The number of carbonyl (C=O) groups is 5. The summed E-state index contributed by atoms with van der Waals surface area (Å²) in [4.78, 5) is 82.4. The first-order valence-electron chi connectivity index (χ1n) is 12.5. The summed E-state index contributed by atoms with van der Waals surface area (Å²) in [5.41, 5.74) is 5.88. The molecule has 3 unspecified atom stereocenters. The molecular weight excluding hydrogens is 560 g/mol. The molecule has 17 nitrogen and oxygen atoms in total. The molecule has 2 rings (SSSR count). The number of fused-ring (bicyclic) bond motifs is 1. The van der Waals surface area contributed by atoms with Gasteiger partial charge in [0.25, 0.3) is 11.6 Å². The number of nitrogens with zero attached hydrogens (tertiary/aromatic N) is 1. The number of hydroxylamine groups is 1. The number of hydrogen-bond acceptors (Lipinski definition) is 10. The third kappa shape index (κ3) is 10.6. The number of nitrogens with one attached hydrogen (secondary N) is 3. The predicted octanol–water partition coefficient (Wildman–Crippen LogP) is -2.40. The van der Waals surface area contributed by atoms with Crippen LogP contribution < -0.4 is 31.9 Å². The molecule has 224 valence electrons. The van der Waals surface area contributed by atoms with Crippen LogP contribution in [0.25, 0.3) is 0 Å². The summed E-state index contributed by atoms with van der Waals surface area (Å²) in [5, 5.41) is 27.7. The van der Waals surface area contributed by atoms with Gasteiger partial charge in [-0.05, 0) is 37.7 Å². The van der Waals surface area contributed by atoms with Crippen LogP contribution in [0.5, 0.6) is 5.75 Å². The number of rotatable bonds is 12. The van der Waals surface area contributed by atoms with Gasteiger partial charge in [0.15, 0.2) is 6.11 Å². The van der Waals surface area contributed by atoms with Gasteiger partial charge in [0.05, 0.1) is 10.5 Å². The van der Waals surface area contributed by atoms with Gasteiger partial charge in [-0.3, -0.25) is 34.1 Å². The van der Waals surface area contributed by atoms with Crippen molar-refractivity contribution in [2.45, 2.75) is 50.2 Å². The van der Waals surface area contributed by atoms with Crippen LogP contribution in [0.3, 0.4) is 0 Å². The molecule has 4 amide bonds. The zero-order chi connectivity index (χ0) is 31.1. The van der Waals surface area contributed by atoms with Crippen LogP contribution in [0, 0.1) is 34.5 Å². The molecule has 1 aliphatic heterocycles. The summed E-state index contributed by atoms with van der Waals surface area (Å²) in [6.07, 6.45) is 7.00. The van der Waals surface area contributed by atoms with E-state index in [1.807, 2.05) is 5.92 Å². The highest BCUT2D eigenvalue weighted by Gasteiger charge is 2.32. The summed E-state index contributed by atoms with van der Waals surface area (Å²) in [6, 6.07) is -1.04. The van der Waals surface area contributed by atoms with Gasteiger partial charge in [0.2, 0.25) is 17.7 Å². The third-order valence-corrected chi connectivity index (χ3v) is 5.73. The standard InChI is InChI=1S/C25H28N6O11/c1-2-3-12-41-42-27-11-5-4-6-17-24(36)30-19(22(26)34)14-40-20-9-7-15(31(38)39)13-16(20)23(35)28-18(25(37)29-17)8-10-21(32)33/h1,7,9,13,17-19,27H,4-6,8,10-11,14H2,(H2,26,34)(H,28,35)(H,29,37)(H,30,36)(H,32,33)/p+1. The zero-order valence-electron chi connectivity index (χ0n) is 22.1. The Balaban J connectivity index is 2.30. The van der Waals surface area contributed by atoms with Crippen LogP contribution >= 0.6 is 0 Å². The Bertz CT molecular complexity index is 1300. The minimum Gasteiger partial charge on any atom is -0.490 e. The highest BCUT2D eigenvalue weighted by Crippen LogP contribution is 2.25. The zero-order valence-corrected chi connectivity index (χ0v) is 22.1. The topological polar surface area (TPSA) is 255 Å². The lowest BCUT2D eigenvalue weighted by Gasteiger charge is -2.24. The highest BCUT2D eigenvalue weighted by molar-refractivity contribution is 6.01. The quantitative estimate of drug-likeness (QED) is 0.0492. The Morgan fingerprint density at radius 1 is 1.17 bits per heavy atom. The summed E-state index contributed by atoms with van der Waals surface area (Å²) >= 11 is 0. The Kier molecular flexibility index (Phi) is 13.0. The Morgan fingerprint density at radius 3 is 2.55 bits per heavy atom. The molecule has 0 saturated heterocycles. The maximum atomic E-state index is 13.2. The number of carboxylic acids is 1. The number of primary amides is 1. The van der Waals surface area contributed by atoms with Gasteiger partial charge in [0, 0.05) is 29.5 Å². The van der Waals surface area contributed by atoms with Crippen molar-refractivity contribution < 1.29 is 54.1 Å². The van der Waals surface area contributed by atoms with Crippen molar-refractivity contribution in [2.75, 3.05) is 13.2 Å². The number of quaternary nitrogens is 1. The van der Waals surface area contributed by atoms with Crippen molar-refractivity contribution in [2.24, 2.45) is 5.73 Å². The Hall–Kier alpha value is -5.39. The Morgan fingerprint density at radius 2 is 1.88 bits per heavy atom. The van der Waals surface area contributed by atoms with E-state index in [9.17, 15) is 34.1 Å². The summed E-state index contributed by atoms with van der Waals surface area (Å²) in [5.74, 6) is -0.941. The fraction of sp³-hybridized carbons (Fsp3) is 0.400. The number of carboxylic acid groups (broad SMARTS) is 1. The van der Waals surface area contributed by atoms with Gasteiger partial charge < -0.3 is 31.5 Å². The number of carbonyl (C=O) groups excluding carboxylic acids is 4. The van der Waals surface area contributed by atoms with Crippen LogP contribution in [0.2, 0.25) is 0 Å². The lowest BCUT2D eigenvalue weighted by Crippen LogP contribution is -2.82. The number of nitro benzene ring substituents is 1. The average molecular weight is 590 g/mol. The maximum Gasteiger partial charge on any atom is 0.303 e. The van der Waals surface area contributed by atoms with E-state index >= 15 is 0 Å². The normalized spacial score (nSPS) is 18.7. The van der Waals surface area contributed by atoms with E-state index in [0.717, 1.165) is 18.2 Å². The van der Waals surface area contributed by atoms with Crippen LogP contribution in [0.15, 0.2) is 18.2 Å². The van der Waals surface area contributed by atoms with E-state index in [0.29, 0.717) is 19.4 Å². The number of unbranched alkanes of at least 4 members (excludes halogenated alkanes) is 1. The molecule has 0 aromatic heterocycles. The predicted molar refractivity (Wildman–Crippen MR) is 139 cm³/mol. The lowest BCUT2D eigenvalue weighted by atomic mass is 10.1. The molecule has 0 radical (unpaired) electrons. The van der Waals surface area contributed by atoms with Crippen molar-refractivity contribution in [3.8, 4) is 30.1 Å². The first-order chi connectivity index (χ1) is 20.0. The molecular formula is C25H29N6O11+. The van der Waals surface area contributed by atoms with Crippen molar-refractivity contribution in [3.63, 3.8) is 0 Å². The van der Waals surface area contributed by atoms with Crippen LogP contribution in [-0.2, 0) is 29.1 Å². The van der Waals surface area contributed by atoms with E-state index in [1.54, 1.807) is 0 Å². The Labute approximate surface area is 238 Å². The SMILES string of the molecule is C#CC#COO[NH2+]CCCCC1NC(=O)C(CCC(=O)O)NC(=O)c2cc([N+](=O)[O-])ccc2OCC(C(N)=O)NC1=O. The van der Waals surface area contributed by atoms with Gasteiger partial charge in [0.1, 0.15) is 37.0 Å². The van der Waals surface area contributed by atoms with Crippen LogP contribution in [0.1, 0.15) is 42.5 Å². The number of nitro groups is 1. The van der Waals surface area contributed by atoms with Gasteiger partial charge >= 0.3 is 5.97 Å². The molecule has 8 N–H and O–H groups in total. The first kappa shape index (κ1) is 32.8. The molecule has 42 heavy (non-hydrogen) atoms. The number of hydrogen-bond donors (Lipinski definition) is 6. The van der Waals surface area contributed by atoms with E-state index in [4.69, 9.17) is 27.0 Å². The molecule has 1 aromatic rings. The molecule has 17 heteroatoms. The lowest BCUT2D eigenvalue weighted by molar-refractivity contribution is -0.960. The molecule has 3 atom stereocenters. The van der Waals surface area contributed by atoms with E-state index in [-0.39, 0.29) is 24.2 Å². The van der Waals surface area contributed by atoms with E-state index in [2.05, 4.69) is 32.9 Å². The second-order valence-corrected chi connectivity index (χ2v) is 8.73. The number of non-ortho nitro benzene ring substituents is 1. The monoisotopic (exact) mass is 589 g/mol. The van der Waals surface area contributed by atoms with Gasteiger partial charge in [-0.25, -0.2) is 4.89 Å². The summed E-state index contributed by atoms with van der Waals surface area (Å²) in [7, 11) is 0. The van der Waals surface area contributed by atoms with Gasteiger partial charge in [-0.1, -0.05) is 0 Å². The second kappa shape index (κ2) is 16.7. The molecule has 1 aliphatic rings. The van der Waals surface area contributed by atoms with Crippen molar-refractivity contribution in [1.82, 2.24) is 16.0 Å². The highest BCUT2D eigenvalue weighted by atomic mass is 17.3. The van der Waals surface area contributed by atoms with Gasteiger partial charge in [-0.15, -0.1) is 6.42 Å². The molecule has 0 fully saturated rings. The summed E-state index contributed by atoms with van der Waals surface area (Å²) in [6.45, 7) is -0.184. The van der Waals surface area contributed by atoms with Gasteiger partial charge in [-0.2, -0.15) is 5.48 Å².